The molecule has 0 fully saturated rings. The molecule has 1 heterocycles. The highest BCUT2D eigenvalue weighted by Gasteiger charge is 2.13. The van der Waals surface area contributed by atoms with Gasteiger partial charge in [0.25, 0.3) is 0 Å². The van der Waals surface area contributed by atoms with Gasteiger partial charge < -0.3 is 10.1 Å². The Bertz CT molecular complexity index is 695. The van der Waals surface area contributed by atoms with E-state index in [1.54, 1.807) is 18.2 Å². The van der Waals surface area contributed by atoms with Gasteiger partial charge in [0.15, 0.2) is 0 Å². The van der Waals surface area contributed by atoms with Crippen LogP contribution in [0.1, 0.15) is 5.56 Å². The summed E-state index contributed by atoms with van der Waals surface area (Å²) >= 11 is 12.0. The fraction of sp³-hybridized carbons (Fsp3) is 0.0769. The fourth-order valence-electron chi connectivity index (χ4n) is 1.79. The van der Waals surface area contributed by atoms with Gasteiger partial charge >= 0.3 is 5.97 Å². The molecule has 98 valence electrons. The molecule has 0 saturated heterocycles. The molecule has 1 aromatic carbocycles. The minimum atomic E-state index is -1.02. The van der Waals surface area contributed by atoms with Crippen molar-refractivity contribution in [1.29, 1.82) is 0 Å². The summed E-state index contributed by atoms with van der Waals surface area (Å²) in [5.74, 6) is -1.02. The summed E-state index contributed by atoms with van der Waals surface area (Å²) in [6.07, 6.45) is 1.18. The Morgan fingerprint density at radius 2 is 2.00 bits per heavy atom. The van der Waals surface area contributed by atoms with Crippen molar-refractivity contribution in [2.24, 2.45) is 0 Å². The number of halogens is 2. The lowest BCUT2D eigenvalue weighted by molar-refractivity contribution is -0.136. The number of carbonyl (C=O) groups is 1. The fourth-order valence-corrected chi connectivity index (χ4v) is 2.19. The molecule has 2 rings (SSSR count). The van der Waals surface area contributed by atoms with Crippen molar-refractivity contribution in [3.63, 3.8) is 0 Å². The first-order chi connectivity index (χ1) is 8.99. The summed E-state index contributed by atoms with van der Waals surface area (Å²) in [6, 6.07) is 6.31. The van der Waals surface area contributed by atoms with Crippen LogP contribution in [0.25, 0.3) is 11.1 Å². The number of hydrogen-bond acceptors (Lipinski definition) is 2. The number of benzene rings is 1. The Kier molecular flexibility index (Phi) is 3.93. The molecule has 0 bridgehead atoms. The Morgan fingerprint density at radius 1 is 1.26 bits per heavy atom. The molecule has 0 unspecified atom stereocenters. The summed E-state index contributed by atoms with van der Waals surface area (Å²) < 4.78 is 0. The highest BCUT2D eigenvalue weighted by Crippen LogP contribution is 2.34. The van der Waals surface area contributed by atoms with Gasteiger partial charge in [0.05, 0.1) is 16.5 Å². The van der Waals surface area contributed by atoms with Gasteiger partial charge in [0.1, 0.15) is 0 Å². The maximum absolute atomic E-state index is 11.3. The predicted octanol–water partition coefficient (Wildman–Crippen LogP) is 2.98. The number of carboxylic acids is 1. The standard InChI is InChI=1S/C13H9Cl2NO3/c14-10-3-1-2-8(13(10)15)9-6-16-11(17)4-7(9)5-12(18)19/h1-4,6H,5H2,(H,16,17)(H,18,19). The van der Waals surface area contributed by atoms with Crippen molar-refractivity contribution in [3.05, 3.63) is 56.4 Å². The van der Waals surface area contributed by atoms with Crippen molar-refractivity contribution in [3.8, 4) is 11.1 Å². The first kappa shape index (κ1) is 13.6. The zero-order chi connectivity index (χ0) is 14.0. The monoisotopic (exact) mass is 297 g/mol. The Balaban J connectivity index is 2.64. The molecular weight excluding hydrogens is 289 g/mol. The van der Waals surface area contributed by atoms with E-state index in [2.05, 4.69) is 4.98 Å². The normalized spacial score (nSPS) is 10.4. The minimum Gasteiger partial charge on any atom is -0.481 e. The number of aromatic nitrogens is 1. The van der Waals surface area contributed by atoms with Crippen LogP contribution < -0.4 is 5.56 Å². The van der Waals surface area contributed by atoms with Crippen LogP contribution in [0, 0.1) is 0 Å². The van der Waals surface area contributed by atoms with Gasteiger partial charge in [-0.05, 0) is 11.6 Å². The molecule has 0 aliphatic heterocycles. The third kappa shape index (κ3) is 2.97. The zero-order valence-electron chi connectivity index (χ0n) is 9.61. The lowest BCUT2D eigenvalue weighted by Crippen LogP contribution is -2.10. The van der Waals surface area contributed by atoms with Crippen molar-refractivity contribution < 1.29 is 9.90 Å². The van der Waals surface area contributed by atoms with Gasteiger partial charge in [-0.25, -0.2) is 0 Å². The SMILES string of the molecule is O=C(O)Cc1cc(=O)[nH]cc1-c1cccc(Cl)c1Cl. The molecule has 0 aliphatic carbocycles. The molecule has 0 radical (unpaired) electrons. The lowest BCUT2D eigenvalue weighted by Gasteiger charge is -2.10. The second-order valence-electron chi connectivity index (χ2n) is 3.91. The molecule has 4 nitrogen and oxygen atoms in total. The lowest BCUT2D eigenvalue weighted by atomic mass is 10.00. The van der Waals surface area contributed by atoms with Crippen LogP contribution in [-0.4, -0.2) is 16.1 Å². The van der Waals surface area contributed by atoms with Gasteiger partial charge in [-0.15, -0.1) is 0 Å². The smallest absolute Gasteiger partial charge is 0.307 e. The van der Waals surface area contributed by atoms with Gasteiger partial charge in [-0.3, -0.25) is 9.59 Å². The molecule has 2 aromatic rings. The number of pyridine rings is 1. The van der Waals surface area contributed by atoms with Crippen molar-refractivity contribution >= 4 is 29.2 Å². The maximum Gasteiger partial charge on any atom is 0.307 e. The first-order valence-corrected chi connectivity index (χ1v) is 6.12. The second-order valence-corrected chi connectivity index (χ2v) is 4.69. The van der Waals surface area contributed by atoms with Crippen LogP contribution >= 0.6 is 23.2 Å². The molecule has 2 N–H and O–H groups in total. The topological polar surface area (TPSA) is 70.2 Å². The average Bonchev–Trinajstić information content (AvgIpc) is 2.33. The van der Waals surface area contributed by atoms with Crippen LogP contribution in [-0.2, 0) is 11.2 Å². The number of hydrogen-bond donors (Lipinski definition) is 2. The molecule has 6 heteroatoms. The minimum absolute atomic E-state index is 0.262. The van der Waals surface area contributed by atoms with Crippen molar-refractivity contribution in [2.75, 3.05) is 0 Å². The predicted molar refractivity (Wildman–Crippen MR) is 73.9 cm³/mol. The molecule has 0 atom stereocenters. The van der Waals surface area contributed by atoms with E-state index in [1.807, 2.05) is 0 Å². The van der Waals surface area contributed by atoms with E-state index < -0.39 is 5.97 Å². The Hall–Kier alpha value is -1.78. The van der Waals surface area contributed by atoms with Gasteiger partial charge in [0.2, 0.25) is 5.56 Å². The van der Waals surface area contributed by atoms with E-state index in [4.69, 9.17) is 28.3 Å². The van der Waals surface area contributed by atoms with E-state index in [-0.39, 0.29) is 12.0 Å². The third-order valence-corrected chi connectivity index (χ3v) is 3.41. The third-order valence-electron chi connectivity index (χ3n) is 2.59. The largest absolute Gasteiger partial charge is 0.481 e. The molecule has 0 saturated carbocycles. The van der Waals surface area contributed by atoms with Gasteiger partial charge in [0, 0.05) is 23.4 Å². The molecule has 0 amide bonds. The van der Waals surface area contributed by atoms with Gasteiger partial charge in [-0.1, -0.05) is 35.3 Å². The van der Waals surface area contributed by atoms with Crippen LogP contribution in [0.15, 0.2) is 35.3 Å². The summed E-state index contributed by atoms with van der Waals surface area (Å²) in [5, 5.41) is 9.57. The van der Waals surface area contributed by atoms with E-state index in [1.165, 1.54) is 12.3 Å². The van der Waals surface area contributed by atoms with E-state index in [9.17, 15) is 9.59 Å². The Labute approximate surface area is 118 Å². The number of aromatic amines is 1. The van der Waals surface area contributed by atoms with E-state index in [0.29, 0.717) is 26.7 Å². The van der Waals surface area contributed by atoms with Gasteiger partial charge in [-0.2, -0.15) is 0 Å². The number of H-pyrrole nitrogens is 1. The van der Waals surface area contributed by atoms with Crippen molar-refractivity contribution in [2.45, 2.75) is 6.42 Å². The molecule has 19 heavy (non-hydrogen) atoms. The van der Waals surface area contributed by atoms with Crippen LogP contribution in [0.3, 0.4) is 0 Å². The molecular formula is C13H9Cl2NO3. The zero-order valence-corrected chi connectivity index (χ0v) is 11.1. The summed E-state index contributed by atoms with van der Waals surface area (Å²) in [5.41, 5.74) is 1.16. The average molecular weight is 298 g/mol. The summed E-state index contributed by atoms with van der Waals surface area (Å²) in [6.45, 7) is 0. The van der Waals surface area contributed by atoms with Crippen LogP contribution in [0.4, 0.5) is 0 Å². The maximum atomic E-state index is 11.3. The number of carboxylic acid groups (broad SMARTS) is 1. The van der Waals surface area contributed by atoms with E-state index in [0.717, 1.165) is 0 Å². The highest BCUT2D eigenvalue weighted by molar-refractivity contribution is 6.43. The summed E-state index contributed by atoms with van der Waals surface area (Å²) in [7, 11) is 0. The van der Waals surface area contributed by atoms with E-state index >= 15 is 0 Å². The van der Waals surface area contributed by atoms with Crippen LogP contribution in [0.5, 0.6) is 0 Å². The molecule has 0 aliphatic rings. The quantitative estimate of drug-likeness (QED) is 0.915. The second kappa shape index (κ2) is 5.47. The number of rotatable bonds is 3. The van der Waals surface area contributed by atoms with Crippen molar-refractivity contribution in [1.82, 2.24) is 4.98 Å². The number of aliphatic carboxylic acids is 1. The Morgan fingerprint density at radius 3 is 2.68 bits per heavy atom. The number of nitrogens with one attached hydrogen (secondary N) is 1. The molecule has 1 aromatic heterocycles. The highest BCUT2D eigenvalue weighted by atomic mass is 35.5. The van der Waals surface area contributed by atoms with Crippen LogP contribution in [0.2, 0.25) is 10.0 Å². The first-order valence-electron chi connectivity index (χ1n) is 5.37. The summed E-state index contributed by atoms with van der Waals surface area (Å²) in [4.78, 5) is 24.7. The molecule has 0 spiro atoms.